The first kappa shape index (κ1) is 24.2. The lowest BCUT2D eigenvalue weighted by Gasteiger charge is -2.33. The lowest BCUT2D eigenvalue weighted by atomic mass is 10.0. The highest BCUT2D eigenvalue weighted by Gasteiger charge is 2.37. The average Bonchev–Trinajstić information content (AvgIpc) is 3.26. The molecule has 182 valence electrons. The predicted octanol–water partition coefficient (Wildman–Crippen LogP) is 3.10. The fraction of sp³-hybridized carbons (Fsp3) is 0.458. The maximum Gasteiger partial charge on any atom is 0.243 e. The Morgan fingerprint density at radius 2 is 2.00 bits per heavy atom. The molecule has 0 saturated carbocycles. The highest BCUT2D eigenvalue weighted by atomic mass is 32.2. The molecule has 9 nitrogen and oxygen atoms in total. The molecule has 1 N–H and O–H groups in total. The van der Waals surface area contributed by atoms with Crippen molar-refractivity contribution >= 4 is 27.0 Å². The Kier molecular flexibility index (Phi) is 7.47. The highest BCUT2D eigenvalue weighted by molar-refractivity contribution is 7.89. The molecule has 0 spiro atoms. The van der Waals surface area contributed by atoms with Crippen molar-refractivity contribution in [1.82, 2.24) is 24.6 Å². The molecule has 10 heteroatoms. The minimum absolute atomic E-state index is 0.130. The molecule has 4 rings (SSSR count). The standard InChI is InChI=1S/C24H31N5O4S/c1-3-14-28-21-13-12-19(16-20(21)26-27-28)34(31,32)29-15-8-7-10-22(29)24(30)25-17-18-9-5-6-11-23(18)33-4-2/h5-6,9,11-13,16,22H,3-4,7-8,10,14-15,17H2,1-2H3,(H,25,30)/t22-/m1/s1. The fourth-order valence-corrected chi connectivity index (χ4v) is 6.00. The zero-order chi connectivity index (χ0) is 24.1. The Labute approximate surface area is 200 Å². The molecule has 1 aromatic heterocycles. The van der Waals surface area contributed by atoms with Crippen LogP contribution in [0.5, 0.6) is 5.75 Å². The van der Waals surface area contributed by atoms with Crippen LogP contribution in [-0.2, 0) is 27.9 Å². The van der Waals surface area contributed by atoms with Crippen molar-refractivity contribution < 1.29 is 17.9 Å². The van der Waals surface area contributed by atoms with Gasteiger partial charge >= 0.3 is 0 Å². The van der Waals surface area contributed by atoms with Crippen LogP contribution >= 0.6 is 0 Å². The number of aromatic nitrogens is 3. The quantitative estimate of drug-likeness (QED) is 0.499. The van der Waals surface area contributed by atoms with E-state index in [0.29, 0.717) is 43.8 Å². The molecule has 0 unspecified atom stereocenters. The van der Waals surface area contributed by atoms with E-state index in [1.54, 1.807) is 22.9 Å². The zero-order valence-corrected chi connectivity index (χ0v) is 20.4. The van der Waals surface area contributed by atoms with E-state index in [-0.39, 0.29) is 17.3 Å². The number of nitrogens with zero attached hydrogens (tertiary/aromatic N) is 4. The van der Waals surface area contributed by atoms with Crippen LogP contribution in [-0.4, -0.2) is 52.8 Å². The van der Waals surface area contributed by atoms with E-state index in [0.717, 1.165) is 23.9 Å². The van der Waals surface area contributed by atoms with Crippen molar-refractivity contribution in [3.8, 4) is 5.75 Å². The Hall–Kier alpha value is -2.98. The molecule has 1 fully saturated rings. The average molecular weight is 486 g/mol. The summed E-state index contributed by atoms with van der Waals surface area (Å²) in [7, 11) is -3.88. The van der Waals surface area contributed by atoms with Crippen LogP contribution in [0.25, 0.3) is 11.0 Å². The van der Waals surface area contributed by atoms with Crippen LogP contribution in [0, 0.1) is 0 Å². The Bertz CT molecular complexity index is 1260. The van der Waals surface area contributed by atoms with Gasteiger partial charge in [0.15, 0.2) is 0 Å². The molecule has 3 aromatic rings. The molecule has 1 saturated heterocycles. The number of piperidine rings is 1. The molecule has 1 atom stereocenters. The van der Waals surface area contributed by atoms with Gasteiger partial charge in [-0.1, -0.05) is 36.8 Å². The number of hydrogen-bond acceptors (Lipinski definition) is 6. The van der Waals surface area contributed by atoms with Crippen molar-refractivity contribution in [2.24, 2.45) is 0 Å². The SMILES string of the molecule is CCCn1nnc2cc(S(=O)(=O)N3CCCC[C@@H]3C(=O)NCc3ccccc3OCC)ccc21. The number of ether oxygens (including phenoxy) is 1. The number of amides is 1. The lowest BCUT2D eigenvalue weighted by molar-refractivity contribution is -0.125. The topological polar surface area (TPSA) is 106 Å². The number of rotatable bonds is 9. The third kappa shape index (κ3) is 4.92. The summed E-state index contributed by atoms with van der Waals surface area (Å²) in [4.78, 5) is 13.3. The van der Waals surface area contributed by atoms with Gasteiger partial charge in [0.05, 0.1) is 17.0 Å². The van der Waals surface area contributed by atoms with Gasteiger partial charge in [-0.15, -0.1) is 5.10 Å². The number of fused-ring (bicyclic) bond motifs is 1. The van der Waals surface area contributed by atoms with Crippen LogP contribution in [0.1, 0.15) is 45.1 Å². The van der Waals surface area contributed by atoms with Crippen LogP contribution in [0.4, 0.5) is 0 Å². The Morgan fingerprint density at radius 3 is 2.79 bits per heavy atom. The zero-order valence-electron chi connectivity index (χ0n) is 19.6. The fourth-order valence-electron chi connectivity index (χ4n) is 4.33. The molecule has 1 aliphatic heterocycles. The molecular weight excluding hydrogens is 454 g/mol. The van der Waals surface area contributed by atoms with Gasteiger partial charge in [0.25, 0.3) is 0 Å². The van der Waals surface area contributed by atoms with Crippen LogP contribution in [0.3, 0.4) is 0 Å². The first-order valence-electron chi connectivity index (χ1n) is 11.8. The summed E-state index contributed by atoms with van der Waals surface area (Å²) < 4.78 is 35.9. The van der Waals surface area contributed by atoms with Gasteiger partial charge in [-0.2, -0.15) is 4.31 Å². The molecule has 0 bridgehead atoms. The largest absolute Gasteiger partial charge is 0.494 e. The van der Waals surface area contributed by atoms with Crippen molar-refractivity contribution in [3.63, 3.8) is 0 Å². The second-order valence-electron chi connectivity index (χ2n) is 8.35. The lowest BCUT2D eigenvalue weighted by Crippen LogP contribution is -2.51. The third-order valence-electron chi connectivity index (χ3n) is 6.01. The maximum absolute atomic E-state index is 13.6. The summed E-state index contributed by atoms with van der Waals surface area (Å²) >= 11 is 0. The molecule has 34 heavy (non-hydrogen) atoms. The van der Waals surface area contributed by atoms with Crippen molar-refractivity contribution in [1.29, 1.82) is 0 Å². The summed E-state index contributed by atoms with van der Waals surface area (Å²) in [5, 5.41) is 11.2. The summed E-state index contributed by atoms with van der Waals surface area (Å²) in [5.74, 6) is 0.410. The van der Waals surface area contributed by atoms with E-state index >= 15 is 0 Å². The van der Waals surface area contributed by atoms with E-state index in [1.165, 1.54) is 4.31 Å². The van der Waals surface area contributed by atoms with E-state index in [2.05, 4.69) is 15.6 Å². The number of nitrogens with one attached hydrogen (secondary N) is 1. The number of para-hydroxylation sites is 1. The predicted molar refractivity (Wildman–Crippen MR) is 129 cm³/mol. The maximum atomic E-state index is 13.6. The number of carbonyl (C=O) groups excluding carboxylic acids is 1. The molecule has 1 aliphatic rings. The van der Waals surface area contributed by atoms with Gasteiger partial charge in [-0.25, -0.2) is 13.1 Å². The van der Waals surface area contributed by atoms with Gasteiger partial charge in [0.1, 0.15) is 17.3 Å². The molecule has 0 aliphatic carbocycles. The van der Waals surface area contributed by atoms with Gasteiger partial charge < -0.3 is 10.1 Å². The first-order valence-corrected chi connectivity index (χ1v) is 13.2. The number of carbonyl (C=O) groups is 1. The molecule has 1 amide bonds. The normalized spacial score (nSPS) is 17.1. The minimum Gasteiger partial charge on any atom is -0.494 e. The van der Waals surface area contributed by atoms with Crippen LogP contribution < -0.4 is 10.1 Å². The summed E-state index contributed by atoms with van der Waals surface area (Å²) in [5.41, 5.74) is 2.17. The van der Waals surface area contributed by atoms with E-state index in [1.807, 2.05) is 38.1 Å². The van der Waals surface area contributed by atoms with Gasteiger partial charge in [-0.05, 0) is 50.5 Å². The Balaban J connectivity index is 1.54. The summed E-state index contributed by atoms with van der Waals surface area (Å²) in [6, 6.07) is 11.6. The molecular formula is C24H31N5O4S. The van der Waals surface area contributed by atoms with Crippen molar-refractivity contribution in [2.75, 3.05) is 13.2 Å². The molecule has 0 radical (unpaired) electrons. The number of benzene rings is 2. The van der Waals surface area contributed by atoms with E-state index in [4.69, 9.17) is 4.74 Å². The summed E-state index contributed by atoms with van der Waals surface area (Å²) in [6.07, 6.45) is 2.89. The Morgan fingerprint density at radius 1 is 1.18 bits per heavy atom. The second-order valence-corrected chi connectivity index (χ2v) is 10.2. The summed E-state index contributed by atoms with van der Waals surface area (Å²) in [6.45, 7) is 5.76. The van der Waals surface area contributed by atoms with Crippen molar-refractivity contribution in [3.05, 3.63) is 48.0 Å². The highest BCUT2D eigenvalue weighted by Crippen LogP contribution is 2.27. The van der Waals surface area contributed by atoms with Gasteiger partial charge in [0.2, 0.25) is 15.9 Å². The third-order valence-corrected chi connectivity index (χ3v) is 7.91. The van der Waals surface area contributed by atoms with E-state index in [9.17, 15) is 13.2 Å². The molecule has 2 heterocycles. The van der Waals surface area contributed by atoms with Gasteiger partial charge in [-0.3, -0.25) is 4.79 Å². The smallest absolute Gasteiger partial charge is 0.243 e. The minimum atomic E-state index is -3.88. The number of sulfonamides is 1. The van der Waals surface area contributed by atoms with Crippen molar-refractivity contribution in [2.45, 2.75) is 63.6 Å². The second kappa shape index (κ2) is 10.5. The number of aryl methyl sites for hydroxylation is 1. The van der Waals surface area contributed by atoms with Gasteiger partial charge in [0, 0.05) is 25.2 Å². The number of hydrogen-bond donors (Lipinski definition) is 1. The molecule has 2 aromatic carbocycles. The van der Waals surface area contributed by atoms with E-state index < -0.39 is 16.1 Å². The monoisotopic (exact) mass is 485 g/mol. The van der Waals surface area contributed by atoms with Crippen LogP contribution in [0.2, 0.25) is 0 Å². The van der Waals surface area contributed by atoms with Crippen LogP contribution in [0.15, 0.2) is 47.4 Å². The first-order chi connectivity index (χ1) is 16.5.